The molecule has 1 unspecified atom stereocenters. The number of alkyl halides is 2. The van der Waals surface area contributed by atoms with Gasteiger partial charge in [0.15, 0.2) is 11.9 Å². The maximum Gasteiger partial charge on any atom is 0.351 e. The van der Waals surface area contributed by atoms with E-state index in [2.05, 4.69) is 9.72 Å². The van der Waals surface area contributed by atoms with Gasteiger partial charge >= 0.3 is 17.6 Å². The Kier molecular flexibility index (Phi) is 6.00. The van der Waals surface area contributed by atoms with Crippen molar-refractivity contribution in [2.75, 3.05) is 25.6 Å². The molecular formula is C14H17F2N3O7. The molecule has 1 aliphatic rings. The van der Waals surface area contributed by atoms with Crippen LogP contribution in [-0.4, -0.2) is 64.4 Å². The lowest BCUT2D eigenvalue weighted by atomic mass is 10.1. The van der Waals surface area contributed by atoms with Crippen molar-refractivity contribution in [3.8, 4) is 0 Å². The molecule has 3 N–H and O–H groups in total. The number of rotatable bonds is 7. The fourth-order valence-corrected chi connectivity index (χ4v) is 2.21. The number of ether oxygens (including phenoxy) is 3. The maximum atomic E-state index is 14.2. The van der Waals surface area contributed by atoms with E-state index in [0.29, 0.717) is 4.57 Å². The second-order valence-corrected chi connectivity index (χ2v) is 5.57. The molecule has 1 aromatic heterocycles. The van der Waals surface area contributed by atoms with E-state index in [0.717, 1.165) is 12.3 Å². The van der Waals surface area contributed by atoms with Gasteiger partial charge in [-0.15, -0.1) is 0 Å². The Morgan fingerprint density at radius 1 is 1.46 bits per heavy atom. The highest BCUT2D eigenvalue weighted by molar-refractivity contribution is 5.77. The number of aliphatic hydroxyl groups excluding tert-OH is 1. The Morgan fingerprint density at radius 3 is 2.77 bits per heavy atom. The summed E-state index contributed by atoms with van der Waals surface area (Å²) in [6.45, 7) is -0.314. The number of ketones is 1. The second-order valence-electron chi connectivity index (χ2n) is 5.57. The summed E-state index contributed by atoms with van der Waals surface area (Å²) in [7, 11) is 0. The van der Waals surface area contributed by atoms with Gasteiger partial charge in [-0.1, -0.05) is 0 Å². The number of aliphatic hydroxyl groups is 1. The highest BCUT2D eigenvalue weighted by Gasteiger charge is 2.60. The van der Waals surface area contributed by atoms with Crippen molar-refractivity contribution in [2.24, 2.45) is 0 Å². The highest BCUT2D eigenvalue weighted by atomic mass is 19.3. The lowest BCUT2D eigenvalue weighted by molar-refractivity contribution is -0.155. The number of nitrogens with zero attached hydrogens (tertiary/aromatic N) is 2. The van der Waals surface area contributed by atoms with Crippen molar-refractivity contribution in [3.63, 3.8) is 0 Å². The number of hydrogen-bond donors (Lipinski definition) is 2. The zero-order chi connectivity index (χ0) is 19.5. The molecule has 1 aromatic rings. The Hall–Kier alpha value is -2.44. The molecule has 0 spiro atoms. The van der Waals surface area contributed by atoms with Gasteiger partial charge in [-0.2, -0.15) is 13.8 Å². The molecule has 3 atom stereocenters. The van der Waals surface area contributed by atoms with Crippen LogP contribution >= 0.6 is 0 Å². The minimum absolute atomic E-state index is 0.163. The second kappa shape index (κ2) is 7.85. The first-order valence-corrected chi connectivity index (χ1v) is 7.41. The Labute approximate surface area is 145 Å². The normalized spacial score (nSPS) is 24.4. The molecule has 1 saturated heterocycles. The zero-order valence-corrected chi connectivity index (χ0v) is 13.6. The molecule has 26 heavy (non-hydrogen) atoms. The number of anilines is 1. The predicted molar refractivity (Wildman–Crippen MR) is 80.2 cm³/mol. The number of aromatic nitrogens is 2. The van der Waals surface area contributed by atoms with E-state index in [-0.39, 0.29) is 18.2 Å². The first-order valence-electron chi connectivity index (χ1n) is 7.41. The Morgan fingerprint density at radius 2 is 2.15 bits per heavy atom. The smallest absolute Gasteiger partial charge is 0.351 e. The number of Topliss-reactive ketones (excluding diaryl/α,β-unsaturated/α-hetero) is 1. The van der Waals surface area contributed by atoms with Gasteiger partial charge in [0.05, 0.1) is 0 Å². The van der Waals surface area contributed by atoms with E-state index in [1.54, 1.807) is 0 Å². The number of carbonyl (C=O) groups is 2. The maximum absolute atomic E-state index is 14.2. The van der Waals surface area contributed by atoms with E-state index in [4.69, 9.17) is 15.2 Å². The molecule has 10 nitrogen and oxygen atoms in total. The van der Waals surface area contributed by atoms with Crippen molar-refractivity contribution in [1.29, 1.82) is 0 Å². The largest absolute Gasteiger partial charge is 0.461 e. The number of halogens is 2. The Bertz CT molecular complexity index is 739. The van der Waals surface area contributed by atoms with Gasteiger partial charge < -0.3 is 25.1 Å². The first kappa shape index (κ1) is 19.9. The number of hydrogen-bond acceptors (Lipinski definition) is 9. The van der Waals surface area contributed by atoms with Gasteiger partial charge in [-0.25, -0.2) is 9.59 Å². The van der Waals surface area contributed by atoms with Gasteiger partial charge in [0.1, 0.15) is 31.7 Å². The van der Waals surface area contributed by atoms with Crippen molar-refractivity contribution in [3.05, 3.63) is 22.7 Å². The van der Waals surface area contributed by atoms with E-state index in [1.807, 2.05) is 0 Å². The van der Waals surface area contributed by atoms with Crippen LogP contribution < -0.4 is 11.4 Å². The highest BCUT2D eigenvalue weighted by Crippen LogP contribution is 2.42. The van der Waals surface area contributed by atoms with Gasteiger partial charge in [-0.05, 0) is 13.0 Å². The SMILES string of the molecule is CC(=O)COCC(=O)OC[C@H]1O[C@@H](n2ccc(N)nc2=O)C(F)(F)C1O. The van der Waals surface area contributed by atoms with Crippen LogP contribution in [0.1, 0.15) is 13.2 Å². The molecule has 12 heteroatoms. The van der Waals surface area contributed by atoms with Crippen molar-refractivity contribution in [1.82, 2.24) is 9.55 Å². The molecular weight excluding hydrogens is 360 g/mol. The summed E-state index contributed by atoms with van der Waals surface area (Å²) >= 11 is 0. The molecule has 2 heterocycles. The minimum Gasteiger partial charge on any atom is -0.461 e. The summed E-state index contributed by atoms with van der Waals surface area (Å²) < 4.78 is 43.4. The third-order valence-electron chi connectivity index (χ3n) is 3.42. The van der Waals surface area contributed by atoms with Crippen molar-refractivity contribution >= 4 is 17.6 Å². The number of nitrogen functional groups attached to an aromatic ring is 1. The van der Waals surface area contributed by atoms with Crippen LogP contribution in [0.15, 0.2) is 17.1 Å². The van der Waals surface area contributed by atoms with Crippen LogP contribution in [0.4, 0.5) is 14.6 Å². The number of esters is 1. The minimum atomic E-state index is -3.84. The fraction of sp³-hybridized carbons (Fsp3) is 0.571. The van der Waals surface area contributed by atoms with Gasteiger partial charge in [0, 0.05) is 6.20 Å². The predicted octanol–water partition coefficient (Wildman–Crippen LogP) is -1.13. The first-order chi connectivity index (χ1) is 12.1. The van der Waals surface area contributed by atoms with Crippen LogP contribution in [0.3, 0.4) is 0 Å². The summed E-state index contributed by atoms with van der Waals surface area (Å²) in [5, 5.41) is 9.75. The summed E-state index contributed by atoms with van der Waals surface area (Å²) in [4.78, 5) is 37.1. The quantitative estimate of drug-likeness (QED) is 0.564. The third kappa shape index (κ3) is 4.39. The summed E-state index contributed by atoms with van der Waals surface area (Å²) in [6, 6.07) is 1.12. The van der Waals surface area contributed by atoms with Crippen LogP contribution in [0.25, 0.3) is 0 Å². The molecule has 0 amide bonds. The van der Waals surface area contributed by atoms with Crippen LogP contribution in [-0.2, 0) is 23.8 Å². The molecule has 0 bridgehead atoms. The molecule has 1 fully saturated rings. The zero-order valence-electron chi connectivity index (χ0n) is 13.6. The average molecular weight is 377 g/mol. The topological polar surface area (TPSA) is 143 Å². The standard InChI is InChI=1S/C14H17F2N3O7/c1-7(20)4-24-6-10(21)25-5-8-11(22)14(15,16)12(26-8)19-3-2-9(17)18-13(19)23/h2-3,8,11-12,22H,4-6H2,1H3,(H2,17,18,23)/t8-,11?,12-/m1/s1. The molecule has 0 aliphatic carbocycles. The van der Waals surface area contributed by atoms with Crippen molar-refractivity contribution in [2.45, 2.75) is 31.3 Å². The van der Waals surface area contributed by atoms with E-state index in [1.165, 1.54) is 6.92 Å². The summed E-state index contributed by atoms with van der Waals surface area (Å²) in [6.07, 6.45) is -5.10. The van der Waals surface area contributed by atoms with E-state index >= 15 is 0 Å². The molecule has 1 aliphatic heterocycles. The van der Waals surface area contributed by atoms with Gasteiger partial charge in [0.25, 0.3) is 0 Å². The number of nitrogens with two attached hydrogens (primary N) is 1. The molecule has 144 valence electrons. The third-order valence-corrected chi connectivity index (χ3v) is 3.42. The molecule has 0 saturated carbocycles. The number of carbonyl (C=O) groups excluding carboxylic acids is 2. The van der Waals surface area contributed by atoms with Gasteiger partial charge in [-0.3, -0.25) is 9.36 Å². The van der Waals surface area contributed by atoms with Crippen molar-refractivity contribution < 1.29 is 37.7 Å². The average Bonchev–Trinajstić information content (AvgIpc) is 2.76. The summed E-state index contributed by atoms with van der Waals surface area (Å²) in [5.74, 6) is -5.24. The molecule has 0 aromatic carbocycles. The summed E-state index contributed by atoms with van der Waals surface area (Å²) in [5.41, 5.74) is 4.21. The van der Waals surface area contributed by atoms with Crippen LogP contribution in [0.5, 0.6) is 0 Å². The molecule has 2 rings (SSSR count). The van der Waals surface area contributed by atoms with E-state index < -0.39 is 49.2 Å². The van der Waals surface area contributed by atoms with E-state index in [9.17, 15) is 28.3 Å². The Balaban J connectivity index is 2.00. The van der Waals surface area contributed by atoms with Gasteiger partial charge in [0.2, 0.25) is 6.23 Å². The van der Waals surface area contributed by atoms with Crippen LogP contribution in [0.2, 0.25) is 0 Å². The lowest BCUT2D eigenvalue weighted by Gasteiger charge is -2.20. The van der Waals surface area contributed by atoms with Crippen LogP contribution in [0, 0.1) is 0 Å². The fourth-order valence-electron chi connectivity index (χ4n) is 2.21. The monoisotopic (exact) mass is 377 g/mol. The lowest BCUT2D eigenvalue weighted by Crippen LogP contribution is -2.42. The molecule has 0 radical (unpaired) electrons.